The Hall–Kier alpha value is -3.41. The third kappa shape index (κ3) is 5.51. The van der Waals surface area contributed by atoms with Crippen LogP contribution in [0.2, 0.25) is 0 Å². The summed E-state index contributed by atoms with van der Waals surface area (Å²) in [6.07, 6.45) is -0.527. The fraction of sp³-hybridized carbons (Fsp3) is 0.192. The summed E-state index contributed by atoms with van der Waals surface area (Å²) in [6.45, 7) is 0.153. The van der Waals surface area contributed by atoms with E-state index < -0.39 is 33.0 Å². The SMILES string of the molecule is NC(=O)CC[C@H](NC(=O)OCC1c2ccccc2-c2ccccc21)C(=O)[Se]c1ccccc1. The maximum absolute atomic E-state index is 12.9. The Balaban J connectivity index is 1.42. The number of carbonyl (C=O) groups excluding carboxylic acids is 3. The van der Waals surface area contributed by atoms with Gasteiger partial charge in [0.15, 0.2) is 0 Å². The van der Waals surface area contributed by atoms with Crippen LogP contribution in [-0.2, 0) is 14.3 Å². The van der Waals surface area contributed by atoms with E-state index in [9.17, 15) is 14.4 Å². The van der Waals surface area contributed by atoms with Crippen molar-refractivity contribution in [3.63, 3.8) is 0 Å². The molecule has 6 nitrogen and oxygen atoms in total. The number of primary amides is 1. The Morgan fingerprint density at radius 1 is 0.879 bits per heavy atom. The Morgan fingerprint density at radius 3 is 2.06 bits per heavy atom. The van der Waals surface area contributed by atoms with E-state index in [1.807, 2.05) is 66.7 Å². The van der Waals surface area contributed by atoms with Gasteiger partial charge in [-0.1, -0.05) is 0 Å². The van der Waals surface area contributed by atoms with Gasteiger partial charge in [-0.25, -0.2) is 0 Å². The number of carbonyl (C=O) groups is 3. The first-order valence-electron chi connectivity index (χ1n) is 10.7. The van der Waals surface area contributed by atoms with Gasteiger partial charge >= 0.3 is 199 Å². The first-order chi connectivity index (χ1) is 16.0. The number of amides is 2. The van der Waals surface area contributed by atoms with Gasteiger partial charge < -0.3 is 0 Å². The number of hydrogen-bond acceptors (Lipinski definition) is 4. The number of ether oxygens (including phenoxy) is 1. The van der Waals surface area contributed by atoms with Crippen LogP contribution in [0.25, 0.3) is 11.1 Å². The molecular formula is C26H24N2O4Se. The molecule has 0 spiro atoms. The van der Waals surface area contributed by atoms with E-state index in [1.54, 1.807) is 0 Å². The van der Waals surface area contributed by atoms with Gasteiger partial charge in [-0.05, 0) is 0 Å². The Morgan fingerprint density at radius 2 is 1.45 bits per heavy atom. The van der Waals surface area contributed by atoms with Crippen LogP contribution in [0, 0.1) is 0 Å². The number of hydrogen-bond donors (Lipinski definition) is 2. The number of rotatable bonds is 9. The van der Waals surface area contributed by atoms with Crippen molar-refractivity contribution in [2.45, 2.75) is 24.8 Å². The standard InChI is InChI=1S/C26H24N2O4Se/c27-24(29)15-14-23(25(30)33-17-8-2-1-3-9-17)28-26(31)32-16-22-20-12-6-4-10-18(20)19-11-5-7-13-21(19)22/h1-13,22-23H,14-16H2,(H2,27,29)(H,28,31)/t23-/m0/s1. The van der Waals surface area contributed by atoms with E-state index in [1.165, 1.54) is 0 Å². The second kappa shape index (κ2) is 10.5. The molecule has 0 aromatic heterocycles. The van der Waals surface area contributed by atoms with Crippen molar-refractivity contribution in [3.8, 4) is 11.1 Å². The molecule has 3 aromatic rings. The molecule has 3 N–H and O–H groups in total. The van der Waals surface area contributed by atoms with Gasteiger partial charge in [-0.15, -0.1) is 0 Å². The van der Waals surface area contributed by atoms with E-state index in [2.05, 4.69) is 17.4 Å². The predicted octanol–water partition coefficient (Wildman–Crippen LogP) is 2.72. The zero-order valence-electron chi connectivity index (χ0n) is 17.9. The summed E-state index contributed by atoms with van der Waals surface area (Å²) >= 11 is -0.500. The van der Waals surface area contributed by atoms with Gasteiger partial charge in [0.05, 0.1) is 0 Å². The zero-order valence-corrected chi connectivity index (χ0v) is 19.6. The molecular weight excluding hydrogens is 483 g/mol. The van der Waals surface area contributed by atoms with Crippen molar-refractivity contribution in [2.24, 2.45) is 5.73 Å². The average Bonchev–Trinajstić information content (AvgIpc) is 3.14. The second-order valence-corrected chi connectivity index (χ2v) is 10.0. The number of benzene rings is 3. The van der Waals surface area contributed by atoms with Crippen molar-refractivity contribution in [3.05, 3.63) is 90.0 Å². The molecule has 1 aliphatic carbocycles. The molecule has 0 fully saturated rings. The van der Waals surface area contributed by atoms with Crippen molar-refractivity contribution in [2.75, 3.05) is 6.61 Å². The van der Waals surface area contributed by atoms with Gasteiger partial charge in [-0.3, -0.25) is 0 Å². The Kier molecular flexibility index (Phi) is 7.23. The van der Waals surface area contributed by atoms with Crippen LogP contribution >= 0.6 is 0 Å². The zero-order chi connectivity index (χ0) is 23.2. The molecule has 168 valence electrons. The topological polar surface area (TPSA) is 98.5 Å². The first-order valence-corrected chi connectivity index (χ1v) is 12.4. The van der Waals surface area contributed by atoms with E-state index >= 15 is 0 Å². The molecule has 1 aliphatic rings. The van der Waals surface area contributed by atoms with Crippen LogP contribution in [0.5, 0.6) is 0 Å². The molecule has 0 radical (unpaired) electrons. The molecule has 0 saturated heterocycles. The maximum atomic E-state index is 12.9. The number of nitrogens with two attached hydrogens (primary N) is 1. The second-order valence-electron chi connectivity index (χ2n) is 7.76. The molecule has 4 rings (SSSR count). The third-order valence-corrected chi connectivity index (χ3v) is 7.65. The van der Waals surface area contributed by atoms with Crippen LogP contribution in [0.15, 0.2) is 78.9 Å². The summed E-state index contributed by atoms with van der Waals surface area (Å²) in [5.41, 5.74) is 9.77. The number of alkyl carbamates (subject to hydrolysis) is 1. The van der Waals surface area contributed by atoms with E-state index in [-0.39, 0.29) is 30.0 Å². The van der Waals surface area contributed by atoms with Gasteiger partial charge in [-0.2, -0.15) is 0 Å². The van der Waals surface area contributed by atoms with Crippen LogP contribution < -0.4 is 15.5 Å². The quantitative estimate of drug-likeness (QED) is 0.435. The van der Waals surface area contributed by atoms with E-state index in [0.29, 0.717) is 0 Å². The molecule has 33 heavy (non-hydrogen) atoms. The predicted molar refractivity (Wildman–Crippen MR) is 127 cm³/mol. The van der Waals surface area contributed by atoms with Crippen LogP contribution in [0.3, 0.4) is 0 Å². The average molecular weight is 507 g/mol. The first kappa shape index (κ1) is 22.8. The van der Waals surface area contributed by atoms with Crippen molar-refractivity contribution < 1.29 is 19.1 Å². The van der Waals surface area contributed by atoms with E-state index in [4.69, 9.17) is 10.5 Å². The monoisotopic (exact) mass is 508 g/mol. The molecule has 2 amide bonds. The molecule has 0 heterocycles. The van der Waals surface area contributed by atoms with Crippen molar-refractivity contribution >= 4 is 36.1 Å². The van der Waals surface area contributed by atoms with Crippen LogP contribution in [-0.4, -0.2) is 44.3 Å². The minimum absolute atomic E-state index is 0.00489. The van der Waals surface area contributed by atoms with Gasteiger partial charge in [0, 0.05) is 0 Å². The summed E-state index contributed by atoms with van der Waals surface area (Å²) < 4.78 is 6.33. The summed E-state index contributed by atoms with van der Waals surface area (Å²) in [5.74, 6) is -0.592. The van der Waals surface area contributed by atoms with Crippen LogP contribution in [0.4, 0.5) is 4.79 Å². The molecule has 7 heteroatoms. The van der Waals surface area contributed by atoms with E-state index in [0.717, 1.165) is 26.7 Å². The summed E-state index contributed by atoms with van der Waals surface area (Å²) in [5, 5.41) is 2.66. The Labute approximate surface area is 198 Å². The molecule has 0 aliphatic heterocycles. The molecule has 3 aromatic carbocycles. The van der Waals surface area contributed by atoms with Gasteiger partial charge in [0.1, 0.15) is 0 Å². The van der Waals surface area contributed by atoms with Crippen molar-refractivity contribution in [1.29, 1.82) is 0 Å². The molecule has 0 unspecified atom stereocenters. The summed E-state index contributed by atoms with van der Waals surface area (Å²) in [6, 6.07) is 24.7. The Bertz CT molecular complexity index is 1120. The fourth-order valence-electron chi connectivity index (χ4n) is 3.99. The number of fused-ring (bicyclic) bond motifs is 3. The van der Waals surface area contributed by atoms with Crippen LogP contribution in [0.1, 0.15) is 29.9 Å². The summed E-state index contributed by atoms with van der Waals surface area (Å²) in [4.78, 5) is 36.8. The minimum atomic E-state index is -0.826. The van der Waals surface area contributed by atoms with Gasteiger partial charge in [0.25, 0.3) is 0 Å². The third-order valence-electron chi connectivity index (χ3n) is 5.56. The molecule has 0 bridgehead atoms. The summed E-state index contributed by atoms with van der Waals surface area (Å²) in [7, 11) is 0. The normalized spacial score (nSPS) is 13.0. The number of nitrogens with one attached hydrogen (secondary N) is 1. The fourth-order valence-corrected chi connectivity index (χ4v) is 5.77. The van der Waals surface area contributed by atoms with Crippen molar-refractivity contribution in [1.82, 2.24) is 5.32 Å². The van der Waals surface area contributed by atoms with Gasteiger partial charge in [0.2, 0.25) is 0 Å². The molecule has 1 atom stereocenters. The molecule has 0 saturated carbocycles.